The summed E-state index contributed by atoms with van der Waals surface area (Å²) in [5.41, 5.74) is 0. The lowest BCUT2D eigenvalue weighted by Gasteiger charge is -2.22. The molecule has 0 saturated heterocycles. The van der Waals surface area contributed by atoms with E-state index in [9.17, 15) is 19.8 Å². The Bertz CT molecular complexity index is 1100. The Hall–Kier alpha value is -1.40. The van der Waals surface area contributed by atoms with Gasteiger partial charge in [0.05, 0.1) is 25.4 Å². The van der Waals surface area contributed by atoms with Crippen molar-refractivity contribution in [3.8, 4) is 0 Å². The van der Waals surface area contributed by atoms with E-state index in [2.05, 4.69) is 31.3 Å². The van der Waals surface area contributed by atoms with Crippen molar-refractivity contribution in [3.05, 3.63) is 12.2 Å². The minimum atomic E-state index is -0.671. The molecular weight excluding hydrogens is 899 g/mol. The highest BCUT2D eigenvalue weighted by Gasteiger charge is 2.20. The number of nitrogens with one attached hydrogen (secondary N) is 1. The number of amides is 1. The van der Waals surface area contributed by atoms with Gasteiger partial charge in [-0.3, -0.25) is 9.59 Å². The molecule has 0 aromatic rings. The van der Waals surface area contributed by atoms with Gasteiger partial charge in [0, 0.05) is 12.8 Å². The third-order valence-corrected chi connectivity index (χ3v) is 15.8. The van der Waals surface area contributed by atoms with Crippen LogP contribution in [-0.2, 0) is 14.3 Å². The highest BCUT2D eigenvalue weighted by atomic mass is 16.5. The molecule has 434 valence electrons. The van der Waals surface area contributed by atoms with Gasteiger partial charge in [-0.25, -0.2) is 0 Å². The van der Waals surface area contributed by atoms with Crippen molar-refractivity contribution in [2.75, 3.05) is 13.2 Å². The fourth-order valence-corrected chi connectivity index (χ4v) is 10.7. The molecule has 0 aromatic heterocycles. The number of aliphatic hydroxyl groups excluding tert-OH is 2. The second-order valence-corrected chi connectivity index (χ2v) is 23.2. The summed E-state index contributed by atoms with van der Waals surface area (Å²) in [6.45, 7) is 4.98. The van der Waals surface area contributed by atoms with E-state index in [0.717, 1.165) is 38.5 Å². The molecule has 2 unspecified atom stereocenters. The summed E-state index contributed by atoms with van der Waals surface area (Å²) in [5.74, 6) is -0.0331. The quantitative estimate of drug-likeness (QED) is 0.0320. The zero-order valence-corrected chi connectivity index (χ0v) is 49.6. The van der Waals surface area contributed by atoms with Gasteiger partial charge in [0.1, 0.15) is 0 Å². The molecule has 0 spiro atoms. The van der Waals surface area contributed by atoms with E-state index in [4.69, 9.17) is 4.74 Å². The van der Waals surface area contributed by atoms with Crippen LogP contribution in [0.5, 0.6) is 0 Å². The Morgan fingerprint density at radius 1 is 0.370 bits per heavy atom. The lowest BCUT2D eigenvalue weighted by atomic mass is 10.0. The van der Waals surface area contributed by atoms with E-state index >= 15 is 0 Å². The molecule has 0 aliphatic heterocycles. The van der Waals surface area contributed by atoms with E-state index in [0.29, 0.717) is 25.9 Å². The number of hydrogen-bond acceptors (Lipinski definition) is 5. The van der Waals surface area contributed by atoms with Crippen LogP contribution in [0.1, 0.15) is 380 Å². The van der Waals surface area contributed by atoms with E-state index in [1.807, 2.05) is 0 Å². The van der Waals surface area contributed by atoms with E-state index in [-0.39, 0.29) is 18.5 Å². The number of allylic oxidation sites excluding steroid dienone is 2. The maximum absolute atomic E-state index is 12.5. The van der Waals surface area contributed by atoms with Crippen LogP contribution < -0.4 is 5.32 Å². The van der Waals surface area contributed by atoms with Crippen LogP contribution in [-0.4, -0.2) is 47.4 Å². The number of carbonyl (C=O) groups excluding carboxylic acids is 2. The van der Waals surface area contributed by atoms with Crippen LogP contribution >= 0.6 is 0 Å². The largest absolute Gasteiger partial charge is 0.466 e. The molecule has 0 aliphatic carbocycles. The average Bonchev–Trinajstić information content (AvgIpc) is 3.39. The first-order valence-electron chi connectivity index (χ1n) is 33.4. The molecule has 73 heavy (non-hydrogen) atoms. The average molecular weight is 1030 g/mol. The Morgan fingerprint density at radius 3 is 0.973 bits per heavy atom. The number of hydrogen-bond donors (Lipinski definition) is 3. The molecule has 0 saturated carbocycles. The van der Waals surface area contributed by atoms with Crippen LogP contribution in [0.3, 0.4) is 0 Å². The molecule has 0 bridgehead atoms. The van der Waals surface area contributed by atoms with Gasteiger partial charge in [-0.2, -0.15) is 0 Å². The molecule has 1 amide bonds. The molecule has 0 aliphatic rings. The third-order valence-electron chi connectivity index (χ3n) is 15.8. The first kappa shape index (κ1) is 71.6. The van der Waals surface area contributed by atoms with E-state index in [1.165, 1.54) is 308 Å². The summed E-state index contributed by atoms with van der Waals surface area (Å²) in [4.78, 5) is 24.6. The Kier molecular flexibility index (Phi) is 61.9. The summed E-state index contributed by atoms with van der Waals surface area (Å²) in [6, 6.07) is -0.549. The topological polar surface area (TPSA) is 95.9 Å². The van der Waals surface area contributed by atoms with E-state index in [1.54, 1.807) is 0 Å². The number of carbonyl (C=O) groups is 2. The van der Waals surface area contributed by atoms with Crippen molar-refractivity contribution in [2.24, 2.45) is 0 Å². The van der Waals surface area contributed by atoms with E-state index < -0.39 is 12.1 Å². The minimum absolute atomic E-state index is 0.00668. The summed E-state index contributed by atoms with van der Waals surface area (Å²) >= 11 is 0. The molecule has 0 fully saturated rings. The molecule has 3 N–H and O–H groups in total. The van der Waals surface area contributed by atoms with Crippen molar-refractivity contribution in [1.29, 1.82) is 0 Å². The van der Waals surface area contributed by atoms with Gasteiger partial charge < -0.3 is 20.3 Å². The first-order valence-corrected chi connectivity index (χ1v) is 33.4. The predicted octanol–water partition coefficient (Wildman–Crippen LogP) is 21.2. The van der Waals surface area contributed by atoms with Crippen LogP contribution in [0, 0.1) is 0 Å². The van der Waals surface area contributed by atoms with Gasteiger partial charge in [-0.1, -0.05) is 328 Å². The number of rotatable bonds is 63. The molecule has 2 atom stereocenters. The Labute approximate surface area is 457 Å². The van der Waals surface area contributed by atoms with Gasteiger partial charge in [0.25, 0.3) is 0 Å². The Morgan fingerprint density at radius 2 is 0.644 bits per heavy atom. The maximum atomic E-state index is 12.5. The van der Waals surface area contributed by atoms with Crippen molar-refractivity contribution in [2.45, 2.75) is 392 Å². The first-order chi connectivity index (χ1) is 36.0. The molecule has 0 rings (SSSR count). The van der Waals surface area contributed by atoms with Crippen molar-refractivity contribution in [1.82, 2.24) is 5.32 Å². The smallest absolute Gasteiger partial charge is 0.305 e. The van der Waals surface area contributed by atoms with Gasteiger partial charge >= 0.3 is 5.97 Å². The molecule has 0 radical (unpaired) electrons. The fourth-order valence-electron chi connectivity index (χ4n) is 10.7. The second-order valence-electron chi connectivity index (χ2n) is 23.2. The van der Waals surface area contributed by atoms with Crippen LogP contribution in [0.25, 0.3) is 0 Å². The SMILES string of the molecule is CCCCCCCCCCCCCCCCCCCCCCCCCCC(O)C(CO)NC(=O)CCCCCCCCC/C=C\CCCCCCCCCCOC(=O)CCCCCCCCCCCCCCC. The number of aliphatic hydroxyl groups is 2. The van der Waals surface area contributed by atoms with Crippen LogP contribution in [0.15, 0.2) is 12.2 Å². The second kappa shape index (κ2) is 63.1. The number of ether oxygens (including phenoxy) is 1. The fraction of sp³-hybridized carbons (Fsp3) is 0.940. The predicted molar refractivity (Wildman–Crippen MR) is 320 cm³/mol. The standard InChI is InChI=1S/C67H131NO5/c1-3-5-7-9-11-13-15-17-18-19-20-21-22-23-24-26-29-32-36-39-43-47-51-55-59-65(70)64(63-69)68-66(71)60-56-52-48-44-40-37-33-30-27-25-28-31-34-38-42-46-50-54-58-62-73-67(72)61-57-53-49-45-41-35-16-14-12-10-8-6-4-2/h25,27,64-65,69-70H,3-24,26,28-63H2,1-2H3,(H,68,71)/b27-25-. The molecule has 6 heteroatoms. The molecule has 6 nitrogen and oxygen atoms in total. The summed E-state index contributed by atoms with van der Waals surface area (Å²) in [5, 5.41) is 23.4. The molecular formula is C67H131NO5. The van der Waals surface area contributed by atoms with Gasteiger partial charge in [0.15, 0.2) is 0 Å². The zero-order chi connectivity index (χ0) is 52.9. The summed E-state index contributed by atoms with van der Waals surface area (Å²) in [6.07, 6.45) is 76.6. The van der Waals surface area contributed by atoms with Gasteiger partial charge in [0.2, 0.25) is 5.91 Å². The van der Waals surface area contributed by atoms with Crippen LogP contribution in [0.4, 0.5) is 0 Å². The van der Waals surface area contributed by atoms with Gasteiger partial charge in [-0.15, -0.1) is 0 Å². The highest BCUT2D eigenvalue weighted by Crippen LogP contribution is 2.19. The monoisotopic (exact) mass is 1030 g/mol. The summed E-state index contributed by atoms with van der Waals surface area (Å²) in [7, 11) is 0. The maximum Gasteiger partial charge on any atom is 0.305 e. The summed E-state index contributed by atoms with van der Waals surface area (Å²) < 4.78 is 5.48. The lowest BCUT2D eigenvalue weighted by Crippen LogP contribution is -2.45. The number of unbranched alkanes of at least 4 members (excludes halogenated alkanes) is 50. The van der Waals surface area contributed by atoms with Crippen LogP contribution in [0.2, 0.25) is 0 Å². The normalized spacial score (nSPS) is 12.5. The van der Waals surface area contributed by atoms with Crippen molar-refractivity contribution >= 4 is 11.9 Å². The number of esters is 1. The minimum Gasteiger partial charge on any atom is -0.466 e. The zero-order valence-electron chi connectivity index (χ0n) is 49.6. The highest BCUT2D eigenvalue weighted by molar-refractivity contribution is 5.76. The van der Waals surface area contributed by atoms with Gasteiger partial charge in [-0.05, 0) is 51.4 Å². The molecule has 0 heterocycles. The molecule has 0 aromatic carbocycles. The van der Waals surface area contributed by atoms with Crippen molar-refractivity contribution < 1.29 is 24.5 Å². The third kappa shape index (κ3) is 59.7. The lowest BCUT2D eigenvalue weighted by molar-refractivity contribution is -0.143. The Balaban J connectivity index is 3.43. The van der Waals surface area contributed by atoms with Crippen molar-refractivity contribution in [3.63, 3.8) is 0 Å².